The molecular formula is C18H20BrNO4. The van der Waals surface area contributed by atoms with Crippen molar-refractivity contribution in [1.29, 1.82) is 0 Å². The number of amides is 1. The van der Waals surface area contributed by atoms with E-state index in [1.807, 2.05) is 0 Å². The third-order valence-electron chi connectivity index (χ3n) is 4.66. The van der Waals surface area contributed by atoms with Gasteiger partial charge >= 0.3 is 5.63 Å². The SMILES string of the molecule is COc1cc(Br)cc2cc(C(=O)N[C@@H]3CCCC[C@@H]3C)c(=O)oc12. The number of rotatable bonds is 3. The molecule has 0 aliphatic heterocycles. The molecule has 1 fully saturated rings. The van der Waals surface area contributed by atoms with Crippen molar-refractivity contribution in [2.24, 2.45) is 5.92 Å². The molecule has 0 radical (unpaired) electrons. The molecule has 1 heterocycles. The molecule has 2 atom stereocenters. The van der Waals surface area contributed by atoms with E-state index in [4.69, 9.17) is 9.15 Å². The first kappa shape index (κ1) is 17.0. The summed E-state index contributed by atoms with van der Waals surface area (Å²) in [5, 5.41) is 3.63. The molecule has 128 valence electrons. The second-order valence-electron chi connectivity index (χ2n) is 6.32. The van der Waals surface area contributed by atoms with Gasteiger partial charge in [0.15, 0.2) is 11.3 Å². The van der Waals surface area contributed by atoms with Crippen molar-refractivity contribution in [2.75, 3.05) is 7.11 Å². The van der Waals surface area contributed by atoms with Crippen LogP contribution >= 0.6 is 15.9 Å². The zero-order chi connectivity index (χ0) is 17.3. The van der Waals surface area contributed by atoms with Gasteiger partial charge in [0.1, 0.15) is 5.56 Å². The van der Waals surface area contributed by atoms with Crippen LogP contribution < -0.4 is 15.7 Å². The molecule has 1 amide bonds. The van der Waals surface area contributed by atoms with Gasteiger partial charge in [-0.1, -0.05) is 35.7 Å². The van der Waals surface area contributed by atoms with Crippen molar-refractivity contribution in [3.05, 3.63) is 38.7 Å². The third kappa shape index (κ3) is 3.34. The van der Waals surface area contributed by atoms with Crippen LogP contribution in [0.5, 0.6) is 5.75 Å². The number of methoxy groups -OCH3 is 1. The molecule has 1 saturated carbocycles. The summed E-state index contributed by atoms with van der Waals surface area (Å²) >= 11 is 3.39. The molecule has 1 aliphatic carbocycles. The van der Waals surface area contributed by atoms with Crippen LogP contribution in [0.15, 0.2) is 31.9 Å². The maximum absolute atomic E-state index is 12.5. The van der Waals surface area contributed by atoms with Gasteiger partial charge < -0.3 is 14.5 Å². The van der Waals surface area contributed by atoms with E-state index in [2.05, 4.69) is 28.2 Å². The minimum Gasteiger partial charge on any atom is -0.493 e. The quantitative estimate of drug-likeness (QED) is 0.803. The highest BCUT2D eigenvalue weighted by molar-refractivity contribution is 9.10. The average molecular weight is 394 g/mol. The van der Waals surface area contributed by atoms with Gasteiger partial charge in [0.25, 0.3) is 5.91 Å². The largest absolute Gasteiger partial charge is 0.493 e. The first-order valence-corrected chi connectivity index (χ1v) is 8.91. The highest BCUT2D eigenvalue weighted by atomic mass is 79.9. The number of carbonyl (C=O) groups excluding carboxylic acids is 1. The lowest BCUT2D eigenvalue weighted by Gasteiger charge is -2.29. The number of hydrogen-bond acceptors (Lipinski definition) is 4. The van der Waals surface area contributed by atoms with E-state index >= 15 is 0 Å². The lowest BCUT2D eigenvalue weighted by molar-refractivity contribution is 0.0906. The maximum Gasteiger partial charge on any atom is 0.349 e. The van der Waals surface area contributed by atoms with Gasteiger partial charge in [-0.05, 0) is 37.0 Å². The van der Waals surface area contributed by atoms with Crippen LogP contribution in [0.4, 0.5) is 0 Å². The van der Waals surface area contributed by atoms with Crippen LogP contribution in [0.3, 0.4) is 0 Å². The molecule has 6 heteroatoms. The summed E-state index contributed by atoms with van der Waals surface area (Å²) in [4.78, 5) is 24.8. The molecule has 3 rings (SSSR count). The smallest absolute Gasteiger partial charge is 0.349 e. The minimum atomic E-state index is -0.649. The van der Waals surface area contributed by atoms with Crippen molar-refractivity contribution in [3.63, 3.8) is 0 Å². The molecule has 5 nitrogen and oxygen atoms in total. The van der Waals surface area contributed by atoms with E-state index < -0.39 is 5.63 Å². The van der Waals surface area contributed by atoms with E-state index in [9.17, 15) is 9.59 Å². The molecule has 0 bridgehead atoms. The molecule has 1 aliphatic rings. The summed E-state index contributed by atoms with van der Waals surface area (Å²) in [6, 6.07) is 5.19. The first-order valence-electron chi connectivity index (χ1n) is 8.12. The molecule has 0 unspecified atom stereocenters. The van der Waals surface area contributed by atoms with Gasteiger partial charge in [-0.2, -0.15) is 0 Å². The van der Waals surface area contributed by atoms with E-state index in [1.165, 1.54) is 13.5 Å². The van der Waals surface area contributed by atoms with Crippen LogP contribution in [-0.4, -0.2) is 19.1 Å². The number of hydrogen-bond donors (Lipinski definition) is 1. The second-order valence-corrected chi connectivity index (χ2v) is 7.23. The van der Waals surface area contributed by atoms with Crippen LogP contribution in [0.1, 0.15) is 43.0 Å². The topological polar surface area (TPSA) is 68.5 Å². The molecule has 1 aromatic carbocycles. The number of fused-ring (bicyclic) bond motifs is 1. The standard InChI is InChI=1S/C18H20BrNO4/c1-10-5-3-4-6-14(10)20-17(21)13-8-11-7-12(19)9-15(23-2)16(11)24-18(13)22/h7-10,14H,3-6H2,1-2H3,(H,20,21)/t10-,14+/m0/s1. The van der Waals surface area contributed by atoms with E-state index in [0.29, 0.717) is 22.6 Å². The summed E-state index contributed by atoms with van der Waals surface area (Å²) in [6.07, 6.45) is 4.35. The summed E-state index contributed by atoms with van der Waals surface area (Å²) in [5.41, 5.74) is -0.280. The highest BCUT2D eigenvalue weighted by Gasteiger charge is 2.25. The van der Waals surface area contributed by atoms with Crippen molar-refractivity contribution in [3.8, 4) is 5.75 Å². The lowest BCUT2D eigenvalue weighted by Crippen LogP contribution is -2.42. The maximum atomic E-state index is 12.5. The van der Waals surface area contributed by atoms with Gasteiger partial charge in [-0.15, -0.1) is 0 Å². The predicted molar refractivity (Wildman–Crippen MR) is 95.6 cm³/mol. The molecule has 1 aromatic heterocycles. The van der Waals surface area contributed by atoms with Crippen LogP contribution in [0, 0.1) is 5.92 Å². The summed E-state index contributed by atoms with van der Waals surface area (Å²) in [6.45, 7) is 2.13. The van der Waals surface area contributed by atoms with Crippen molar-refractivity contribution in [2.45, 2.75) is 38.6 Å². The Balaban J connectivity index is 1.95. The Hall–Kier alpha value is -1.82. The van der Waals surface area contributed by atoms with Gasteiger partial charge in [-0.3, -0.25) is 4.79 Å². The highest BCUT2D eigenvalue weighted by Crippen LogP contribution is 2.30. The number of halogens is 1. The van der Waals surface area contributed by atoms with Gasteiger partial charge in [0.2, 0.25) is 0 Å². The number of nitrogens with one attached hydrogen (secondary N) is 1. The molecule has 2 aromatic rings. The molecule has 24 heavy (non-hydrogen) atoms. The Kier molecular flexibility index (Phi) is 4.94. The Morgan fingerprint density at radius 3 is 2.75 bits per heavy atom. The predicted octanol–water partition coefficient (Wildman–Crippen LogP) is 3.87. The molecule has 0 spiro atoms. The number of ether oxygens (including phenoxy) is 1. The summed E-state index contributed by atoms with van der Waals surface area (Å²) in [7, 11) is 1.51. The Morgan fingerprint density at radius 1 is 1.29 bits per heavy atom. The molecular weight excluding hydrogens is 374 g/mol. The second kappa shape index (κ2) is 6.97. The lowest BCUT2D eigenvalue weighted by atomic mass is 9.86. The number of benzene rings is 1. The monoisotopic (exact) mass is 393 g/mol. The fraction of sp³-hybridized carbons (Fsp3) is 0.444. The van der Waals surface area contributed by atoms with Gasteiger partial charge in [0, 0.05) is 15.9 Å². The van der Waals surface area contributed by atoms with Gasteiger partial charge in [0.05, 0.1) is 7.11 Å². The Labute approximate surface area is 148 Å². The van der Waals surface area contributed by atoms with E-state index in [1.54, 1.807) is 18.2 Å². The molecule has 0 saturated heterocycles. The zero-order valence-electron chi connectivity index (χ0n) is 13.7. The van der Waals surface area contributed by atoms with E-state index in [-0.39, 0.29) is 17.5 Å². The van der Waals surface area contributed by atoms with Crippen LogP contribution in [0.25, 0.3) is 11.0 Å². The average Bonchev–Trinajstić information content (AvgIpc) is 2.56. The summed E-state index contributed by atoms with van der Waals surface area (Å²) in [5.74, 6) is 0.497. The van der Waals surface area contributed by atoms with Gasteiger partial charge in [-0.25, -0.2) is 4.79 Å². The Bertz CT molecular complexity index is 830. The van der Waals surface area contributed by atoms with Crippen molar-refractivity contribution in [1.82, 2.24) is 5.32 Å². The van der Waals surface area contributed by atoms with Crippen LogP contribution in [-0.2, 0) is 0 Å². The Morgan fingerprint density at radius 2 is 2.04 bits per heavy atom. The normalized spacial score (nSPS) is 20.8. The van der Waals surface area contributed by atoms with Crippen LogP contribution in [0.2, 0.25) is 0 Å². The van der Waals surface area contributed by atoms with Crippen molar-refractivity contribution < 1.29 is 13.9 Å². The minimum absolute atomic E-state index is 0.0282. The first-order chi connectivity index (χ1) is 11.5. The third-order valence-corrected chi connectivity index (χ3v) is 5.11. The number of carbonyl (C=O) groups is 1. The molecule has 1 N–H and O–H groups in total. The van der Waals surface area contributed by atoms with Crippen molar-refractivity contribution >= 4 is 32.8 Å². The summed E-state index contributed by atoms with van der Waals surface area (Å²) < 4.78 is 11.4. The fourth-order valence-corrected chi connectivity index (χ4v) is 3.71. The fourth-order valence-electron chi connectivity index (χ4n) is 3.25. The van der Waals surface area contributed by atoms with E-state index in [0.717, 1.165) is 23.7 Å². The zero-order valence-corrected chi connectivity index (χ0v) is 15.3.